The Kier molecular flexibility index (Phi) is 10.2. The summed E-state index contributed by atoms with van der Waals surface area (Å²) in [5, 5.41) is 14.3. The molecular formula is C32H41F3N4O3. The highest BCUT2D eigenvalue weighted by Crippen LogP contribution is 2.41. The summed E-state index contributed by atoms with van der Waals surface area (Å²) in [5.41, 5.74) is 2.35. The van der Waals surface area contributed by atoms with E-state index in [-0.39, 0.29) is 12.0 Å². The summed E-state index contributed by atoms with van der Waals surface area (Å²) in [6.45, 7) is 6.35. The second-order valence-corrected chi connectivity index (χ2v) is 11.6. The highest BCUT2D eigenvalue weighted by atomic mass is 19.1. The number of fused-ring (bicyclic) bond motifs is 1. The smallest absolute Gasteiger partial charge is 0.128 e. The van der Waals surface area contributed by atoms with Crippen LogP contribution in [0.4, 0.5) is 18.9 Å². The monoisotopic (exact) mass is 586 g/mol. The van der Waals surface area contributed by atoms with Gasteiger partial charge in [0.25, 0.3) is 0 Å². The minimum atomic E-state index is -1.21. The molecule has 0 radical (unpaired) electrons. The van der Waals surface area contributed by atoms with E-state index in [9.17, 15) is 13.9 Å². The normalized spacial score (nSPS) is 18.7. The van der Waals surface area contributed by atoms with Gasteiger partial charge in [-0.05, 0) is 80.1 Å². The molecule has 5 rings (SSSR count). The zero-order valence-corrected chi connectivity index (χ0v) is 24.3. The first kappa shape index (κ1) is 30.5. The van der Waals surface area contributed by atoms with Gasteiger partial charge >= 0.3 is 0 Å². The van der Waals surface area contributed by atoms with Crippen molar-refractivity contribution in [3.8, 4) is 5.75 Å². The molecule has 0 bridgehead atoms. The number of piperidine rings is 1. The Morgan fingerprint density at radius 1 is 1.05 bits per heavy atom. The zero-order valence-electron chi connectivity index (χ0n) is 24.3. The number of morpholine rings is 1. The fraction of sp³-hybridized carbons (Fsp3) is 0.531. The molecule has 0 aliphatic carbocycles. The van der Waals surface area contributed by atoms with Crippen LogP contribution in [0.5, 0.6) is 5.75 Å². The van der Waals surface area contributed by atoms with Gasteiger partial charge < -0.3 is 24.8 Å². The van der Waals surface area contributed by atoms with E-state index in [0.717, 1.165) is 61.6 Å². The van der Waals surface area contributed by atoms with E-state index < -0.39 is 17.8 Å². The number of nitrogens with one attached hydrogen (secondary N) is 1. The van der Waals surface area contributed by atoms with Crippen molar-refractivity contribution in [3.05, 3.63) is 65.4 Å². The number of alkyl halides is 1. The van der Waals surface area contributed by atoms with Gasteiger partial charge in [0, 0.05) is 68.2 Å². The van der Waals surface area contributed by atoms with Crippen LogP contribution in [-0.4, -0.2) is 86.1 Å². The highest BCUT2D eigenvalue weighted by Gasteiger charge is 2.35. The third-order valence-electron chi connectivity index (χ3n) is 8.81. The van der Waals surface area contributed by atoms with Gasteiger partial charge in [-0.1, -0.05) is 0 Å². The van der Waals surface area contributed by atoms with Crippen LogP contribution < -0.4 is 10.1 Å². The maximum atomic E-state index is 16.4. The number of nitrogens with zero attached hydrogens (tertiary/aromatic N) is 3. The highest BCUT2D eigenvalue weighted by molar-refractivity contribution is 5.85. The Bertz CT molecular complexity index is 1310. The van der Waals surface area contributed by atoms with Crippen molar-refractivity contribution in [1.29, 1.82) is 0 Å². The molecule has 2 aliphatic heterocycles. The van der Waals surface area contributed by atoms with Gasteiger partial charge in [-0.15, -0.1) is 0 Å². The summed E-state index contributed by atoms with van der Waals surface area (Å²) in [4.78, 5) is 9.18. The van der Waals surface area contributed by atoms with E-state index in [0.29, 0.717) is 62.7 Å². The standard InChI is InChI=1S/C32H41F3N4O3/c1-41-27-2-3-30-28(19-27)31(23(20-37-30)21-39-12-14-42-15-13-39)29(35)4-5-32(22-40)6-9-38(10-7-32)11-8-36-26-17-24(33)16-25(34)18-26/h2-3,16-20,29,36,40H,4-15,21-22H2,1H3/t29-/m0/s1. The maximum Gasteiger partial charge on any atom is 0.128 e. The Labute approximate surface area is 245 Å². The number of anilines is 1. The Morgan fingerprint density at radius 3 is 2.48 bits per heavy atom. The van der Waals surface area contributed by atoms with Crippen LogP contribution >= 0.6 is 0 Å². The molecule has 228 valence electrons. The zero-order chi connectivity index (χ0) is 29.5. The van der Waals surface area contributed by atoms with Crippen LogP contribution in [0.25, 0.3) is 10.9 Å². The number of aliphatic hydroxyl groups excluding tert-OH is 1. The Balaban J connectivity index is 1.22. The number of aliphatic hydroxyl groups is 1. The number of methoxy groups -OCH3 is 1. The van der Waals surface area contributed by atoms with Gasteiger partial charge in [-0.2, -0.15) is 0 Å². The van der Waals surface area contributed by atoms with Crippen LogP contribution in [0, 0.1) is 17.0 Å². The third-order valence-corrected chi connectivity index (χ3v) is 8.81. The summed E-state index contributed by atoms with van der Waals surface area (Å²) in [6, 6.07) is 8.99. The molecule has 1 atom stereocenters. The molecule has 0 spiro atoms. The lowest BCUT2D eigenvalue weighted by Crippen LogP contribution is -2.43. The van der Waals surface area contributed by atoms with E-state index in [1.165, 1.54) is 12.1 Å². The molecule has 2 N–H and O–H groups in total. The average Bonchev–Trinajstić information content (AvgIpc) is 3.00. The molecule has 2 aliphatic rings. The summed E-state index contributed by atoms with van der Waals surface area (Å²) in [5.74, 6) is -0.555. The van der Waals surface area contributed by atoms with Crippen molar-refractivity contribution in [2.75, 3.05) is 71.5 Å². The van der Waals surface area contributed by atoms with Crippen LogP contribution in [0.1, 0.15) is 43.0 Å². The number of hydrogen-bond acceptors (Lipinski definition) is 7. The number of pyridine rings is 1. The lowest BCUT2D eigenvalue weighted by atomic mass is 9.74. The summed E-state index contributed by atoms with van der Waals surface area (Å²) in [6.07, 6.45) is 2.99. The van der Waals surface area contributed by atoms with Gasteiger partial charge in [-0.25, -0.2) is 13.2 Å². The molecular weight excluding hydrogens is 545 g/mol. The van der Waals surface area contributed by atoms with Crippen molar-refractivity contribution in [2.24, 2.45) is 5.41 Å². The predicted octanol–water partition coefficient (Wildman–Crippen LogP) is 5.33. The van der Waals surface area contributed by atoms with Crippen LogP contribution in [-0.2, 0) is 11.3 Å². The molecule has 7 nitrogen and oxygen atoms in total. The van der Waals surface area contributed by atoms with Gasteiger partial charge in [0.15, 0.2) is 0 Å². The lowest BCUT2D eigenvalue weighted by molar-refractivity contribution is 0.0306. The molecule has 2 saturated heterocycles. The van der Waals surface area contributed by atoms with Crippen LogP contribution in [0.2, 0.25) is 0 Å². The average molecular weight is 587 g/mol. The van der Waals surface area contributed by atoms with Gasteiger partial charge in [-0.3, -0.25) is 9.88 Å². The van der Waals surface area contributed by atoms with E-state index in [4.69, 9.17) is 9.47 Å². The van der Waals surface area contributed by atoms with Crippen LogP contribution in [0.15, 0.2) is 42.6 Å². The fourth-order valence-corrected chi connectivity index (χ4v) is 6.19. The number of ether oxygens (including phenoxy) is 2. The Hall–Kier alpha value is -2.92. The first-order valence-electron chi connectivity index (χ1n) is 14.8. The summed E-state index contributed by atoms with van der Waals surface area (Å²) >= 11 is 0. The van der Waals surface area contributed by atoms with Crippen molar-refractivity contribution in [3.63, 3.8) is 0 Å². The van der Waals surface area contributed by atoms with Gasteiger partial charge in [0.05, 0.1) is 25.8 Å². The quantitative estimate of drug-likeness (QED) is 0.297. The Morgan fingerprint density at radius 2 is 1.79 bits per heavy atom. The molecule has 3 aromatic rings. The summed E-state index contributed by atoms with van der Waals surface area (Å²) in [7, 11) is 1.60. The lowest BCUT2D eigenvalue weighted by Gasteiger charge is -2.41. The van der Waals surface area contributed by atoms with Gasteiger partial charge in [0.1, 0.15) is 23.6 Å². The minimum absolute atomic E-state index is 0.0138. The van der Waals surface area contributed by atoms with E-state index in [2.05, 4.69) is 20.1 Å². The van der Waals surface area contributed by atoms with Crippen molar-refractivity contribution >= 4 is 16.6 Å². The second-order valence-electron chi connectivity index (χ2n) is 11.6. The predicted molar refractivity (Wildman–Crippen MR) is 158 cm³/mol. The topological polar surface area (TPSA) is 70.1 Å². The molecule has 0 amide bonds. The first-order valence-corrected chi connectivity index (χ1v) is 14.8. The molecule has 10 heteroatoms. The number of halogens is 3. The molecule has 0 unspecified atom stereocenters. The van der Waals surface area contributed by atoms with Crippen molar-refractivity contribution < 1.29 is 27.8 Å². The maximum absolute atomic E-state index is 16.4. The van der Waals surface area contributed by atoms with Gasteiger partial charge in [0.2, 0.25) is 0 Å². The molecule has 0 saturated carbocycles. The second kappa shape index (κ2) is 14.0. The third kappa shape index (κ3) is 7.53. The van der Waals surface area contributed by atoms with E-state index in [1.807, 2.05) is 18.2 Å². The molecule has 2 fully saturated rings. The van der Waals surface area contributed by atoms with Crippen molar-refractivity contribution in [1.82, 2.24) is 14.8 Å². The molecule has 1 aromatic heterocycles. The number of aromatic nitrogens is 1. The van der Waals surface area contributed by atoms with E-state index in [1.54, 1.807) is 13.3 Å². The number of rotatable bonds is 12. The molecule has 42 heavy (non-hydrogen) atoms. The number of benzene rings is 2. The SMILES string of the molecule is COc1ccc2ncc(CN3CCOCC3)c([C@@H](F)CCC3(CO)CCN(CCNc4cc(F)cc(F)c4)CC3)c2c1. The number of hydrogen-bond donors (Lipinski definition) is 2. The molecule has 3 heterocycles. The summed E-state index contributed by atoms with van der Waals surface area (Å²) < 4.78 is 54.2. The van der Waals surface area contributed by atoms with E-state index >= 15 is 4.39 Å². The molecule has 2 aromatic carbocycles. The largest absolute Gasteiger partial charge is 0.497 e. The van der Waals surface area contributed by atoms with Crippen molar-refractivity contribution in [2.45, 2.75) is 38.4 Å². The first-order chi connectivity index (χ1) is 20.4. The fourth-order valence-electron chi connectivity index (χ4n) is 6.19. The van der Waals surface area contributed by atoms with Crippen LogP contribution in [0.3, 0.4) is 0 Å². The minimum Gasteiger partial charge on any atom is -0.497 e. The number of likely N-dealkylation sites (tertiary alicyclic amines) is 1.